The van der Waals surface area contributed by atoms with Crippen molar-refractivity contribution < 1.29 is 9.84 Å². The summed E-state index contributed by atoms with van der Waals surface area (Å²) in [4.78, 5) is 0. The average molecular weight is 308 g/mol. The van der Waals surface area contributed by atoms with Crippen LogP contribution >= 0.6 is 0 Å². The SMILES string of the molecule is O[C@@]12CCCC[C@@H]1OCC[C@H]2[AsH]c1ccccc1. The molecule has 0 bridgehead atoms. The molecule has 0 amide bonds. The molecule has 1 saturated carbocycles. The van der Waals surface area contributed by atoms with Gasteiger partial charge in [0.25, 0.3) is 0 Å². The van der Waals surface area contributed by atoms with E-state index in [-0.39, 0.29) is 21.9 Å². The first-order valence-corrected chi connectivity index (χ1v) is 9.21. The first-order valence-electron chi connectivity index (χ1n) is 6.94. The van der Waals surface area contributed by atoms with Crippen LogP contribution in [0.5, 0.6) is 0 Å². The van der Waals surface area contributed by atoms with Crippen LogP contribution in [-0.2, 0) is 4.74 Å². The molecule has 1 unspecified atom stereocenters. The fourth-order valence-electron chi connectivity index (χ4n) is 3.29. The van der Waals surface area contributed by atoms with Gasteiger partial charge in [0, 0.05) is 0 Å². The molecule has 1 aliphatic carbocycles. The standard InChI is InChI=1S/C15H21AsO2/c17-15-10-5-4-8-14(15)18-11-9-13(15)16-12-6-2-1-3-7-12/h1-3,6-7,13-14,16-17H,4-5,8-11H2/t13-,14+,15-/m1/s1. The van der Waals surface area contributed by atoms with E-state index < -0.39 is 5.60 Å². The molecule has 0 spiro atoms. The van der Waals surface area contributed by atoms with Crippen LogP contribution in [-0.4, -0.2) is 39.2 Å². The second-order valence-corrected chi connectivity index (χ2v) is 8.73. The Morgan fingerprint density at radius 2 is 2.00 bits per heavy atom. The van der Waals surface area contributed by atoms with Crippen LogP contribution in [0.2, 0.25) is 4.71 Å². The van der Waals surface area contributed by atoms with Crippen LogP contribution in [0.3, 0.4) is 0 Å². The van der Waals surface area contributed by atoms with Gasteiger partial charge < -0.3 is 0 Å². The summed E-state index contributed by atoms with van der Waals surface area (Å²) >= 11 is -0.270. The number of fused-ring (bicyclic) bond motifs is 1. The Morgan fingerprint density at radius 3 is 2.83 bits per heavy atom. The summed E-state index contributed by atoms with van der Waals surface area (Å²) in [6.07, 6.45) is 5.52. The van der Waals surface area contributed by atoms with E-state index >= 15 is 0 Å². The first-order chi connectivity index (χ1) is 8.79. The van der Waals surface area contributed by atoms with Crippen molar-refractivity contribution in [1.29, 1.82) is 0 Å². The molecule has 3 rings (SSSR count). The topological polar surface area (TPSA) is 29.5 Å². The zero-order chi connectivity index (χ0) is 12.4. The molecule has 1 aromatic rings. The summed E-state index contributed by atoms with van der Waals surface area (Å²) in [7, 11) is 0. The molecule has 4 atom stereocenters. The van der Waals surface area contributed by atoms with Crippen LogP contribution in [0.25, 0.3) is 0 Å². The maximum absolute atomic E-state index is 11.0. The van der Waals surface area contributed by atoms with Crippen molar-refractivity contribution in [2.75, 3.05) is 6.61 Å². The molecule has 2 nitrogen and oxygen atoms in total. The molecule has 1 heterocycles. The zero-order valence-electron chi connectivity index (χ0n) is 10.6. The van der Waals surface area contributed by atoms with Crippen LogP contribution in [0.4, 0.5) is 0 Å². The molecule has 0 radical (unpaired) electrons. The van der Waals surface area contributed by atoms with Gasteiger partial charge in [0.05, 0.1) is 0 Å². The Kier molecular flexibility index (Phi) is 3.79. The summed E-state index contributed by atoms with van der Waals surface area (Å²) < 4.78 is 7.77. The second-order valence-electron chi connectivity index (χ2n) is 5.45. The number of benzene rings is 1. The van der Waals surface area contributed by atoms with Crippen molar-refractivity contribution in [3.8, 4) is 0 Å². The van der Waals surface area contributed by atoms with Crippen molar-refractivity contribution in [1.82, 2.24) is 0 Å². The number of rotatable bonds is 2. The van der Waals surface area contributed by atoms with Crippen molar-refractivity contribution in [3.05, 3.63) is 30.3 Å². The summed E-state index contributed by atoms with van der Waals surface area (Å²) in [5.74, 6) is 0. The molecule has 1 aromatic carbocycles. The third-order valence-corrected chi connectivity index (χ3v) is 8.08. The van der Waals surface area contributed by atoms with Gasteiger partial charge in [0.2, 0.25) is 0 Å². The van der Waals surface area contributed by atoms with Crippen LogP contribution in [0.1, 0.15) is 32.1 Å². The molecular weight excluding hydrogens is 287 g/mol. The molecule has 18 heavy (non-hydrogen) atoms. The molecule has 2 aliphatic rings. The van der Waals surface area contributed by atoms with E-state index in [2.05, 4.69) is 30.3 Å². The van der Waals surface area contributed by atoms with E-state index in [1.807, 2.05) is 0 Å². The van der Waals surface area contributed by atoms with E-state index in [1.165, 1.54) is 10.8 Å². The van der Waals surface area contributed by atoms with E-state index in [9.17, 15) is 5.11 Å². The Hall–Kier alpha value is -0.302. The molecule has 3 heteroatoms. The predicted molar refractivity (Wildman–Crippen MR) is 74.7 cm³/mol. The Balaban J connectivity index is 1.78. The van der Waals surface area contributed by atoms with Gasteiger partial charge in [-0.15, -0.1) is 0 Å². The molecule has 1 aliphatic heterocycles. The van der Waals surface area contributed by atoms with Gasteiger partial charge in [-0.05, 0) is 0 Å². The van der Waals surface area contributed by atoms with E-state index in [1.54, 1.807) is 0 Å². The number of ether oxygens (including phenoxy) is 1. The molecule has 1 N–H and O–H groups in total. The molecular formula is C15H21AsO2. The molecule has 1 saturated heterocycles. The number of hydrogen-bond acceptors (Lipinski definition) is 2. The third kappa shape index (κ3) is 2.39. The van der Waals surface area contributed by atoms with Crippen LogP contribution in [0, 0.1) is 0 Å². The maximum atomic E-state index is 11.0. The van der Waals surface area contributed by atoms with Crippen LogP contribution in [0.15, 0.2) is 30.3 Å². The Bertz CT molecular complexity index is 393. The molecule has 0 aromatic heterocycles. The minimum atomic E-state index is -0.521. The molecule has 2 fully saturated rings. The monoisotopic (exact) mass is 308 g/mol. The Labute approximate surface area is 115 Å². The van der Waals surface area contributed by atoms with E-state index in [4.69, 9.17) is 4.74 Å². The Morgan fingerprint density at radius 1 is 1.17 bits per heavy atom. The predicted octanol–water partition coefficient (Wildman–Crippen LogP) is 1.63. The quantitative estimate of drug-likeness (QED) is 0.842. The fraction of sp³-hybridized carbons (Fsp3) is 0.600. The van der Waals surface area contributed by atoms with Crippen molar-refractivity contribution in [2.24, 2.45) is 0 Å². The van der Waals surface area contributed by atoms with E-state index in [0.717, 1.165) is 32.3 Å². The molecule has 98 valence electrons. The van der Waals surface area contributed by atoms with Crippen molar-refractivity contribution in [2.45, 2.75) is 48.5 Å². The fourth-order valence-corrected chi connectivity index (χ4v) is 6.71. The van der Waals surface area contributed by atoms with Crippen molar-refractivity contribution >= 4 is 20.1 Å². The number of hydrogen-bond donors (Lipinski definition) is 1. The van der Waals surface area contributed by atoms with Gasteiger partial charge in [0.1, 0.15) is 0 Å². The summed E-state index contributed by atoms with van der Waals surface area (Å²) in [5, 5.41) is 11.0. The van der Waals surface area contributed by atoms with Crippen LogP contribution < -0.4 is 4.35 Å². The minimum absolute atomic E-state index is 0.109. The first kappa shape index (κ1) is 12.7. The summed E-state index contributed by atoms with van der Waals surface area (Å²) in [6, 6.07) is 10.7. The van der Waals surface area contributed by atoms with Gasteiger partial charge in [-0.3, -0.25) is 0 Å². The van der Waals surface area contributed by atoms with Gasteiger partial charge in [0.15, 0.2) is 0 Å². The van der Waals surface area contributed by atoms with E-state index in [0.29, 0.717) is 4.71 Å². The average Bonchev–Trinajstić information content (AvgIpc) is 2.41. The van der Waals surface area contributed by atoms with Gasteiger partial charge in [-0.2, -0.15) is 0 Å². The van der Waals surface area contributed by atoms with Gasteiger partial charge in [-0.25, -0.2) is 0 Å². The second kappa shape index (κ2) is 5.36. The third-order valence-electron chi connectivity index (χ3n) is 4.29. The van der Waals surface area contributed by atoms with Gasteiger partial charge in [-0.1, -0.05) is 0 Å². The normalized spacial score (nSPS) is 36.7. The summed E-state index contributed by atoms with van der Waals surface area (Å²) in [5.41, 5.74) is -0.521. The number of aliphatic hydroxyl groups is 1. The zero-order valence-corrected chi connectivity index (χ0v) is 12.7. The van der Waals surface area contributed by atoms with Gasteiger partial charge >= 0.3 is 115 Å². The van der Waals surface area contributed by atoms with Crippen molar-refractivity contribution in [3.63, 3.8) is 0 Å². The summed E-state index contributed by atoms with van der Waals surface area (Å²) in [6.45, 7) is 0.841.